The summed E-state index contributed by atoms with van der Waals surface area (Å²) in [5.74, 6) is 0.917. The van der Waals surface area contributed by atoms with Crippen LogP contribution in [0.15, 0.2) is 78.9 Å². The van der Waals surface area contributed by atoms with Gasteiger partial charge in [-0.05, 0) is 86.7 Å². The second-order valence-electron chi connectivity index (χ2n) is 11.9. The SMILES string of the molecule is O=C(c1ccc(OCCN2CCCCC2)cc1)N1Cc2ccccc2NCC[C@@H]2CC[C@H](C1)N2Cc1ccccc1. The lowest BCUT2D eigenvalue weighted by Crippen LogP contribution is -2.44. The highest BCUT2D eigenvalue weighted by Gasteiger charge is 2.35. The Morgan fingerprint density at radius 1 is 0.829 bits per heavy atom. The first-order chi connectivity index (χ1) is 20.2. The van der Waals surface area contributed by atoms with Crippen LogP contribution < -0.4 is 10.1 Å². The normalized spacial score (nSPS) is 21.9. The lowest BCUT2D eigenvalue weighted by molar-refractivity contribution is 0.0663. The van der Waals surface area contributed by atoms with Gasteiger partial charge in [-0.25, -0.2) is 0 Å². The van der Waals surface area contributed by atoms with Crippen LogP contribution in [0.2, 0.25) is 0 Å². The molecule has 0 radical (unpaired) electrons. The molecular formula is C35H44N4O2. The molecule has 216 valence electrons. The molecule has 0 aliphatic carbocycles. The van der Waals surface area contributed by atoms with E-state index in [0.717, 1.165) is 56.0 Å². The van der Waals surface area contributed by atoms with E-state index < -0.39 is 0 Å². The average molecular weight is 553 g/mol. The number of nitrogens with zero attached hydrogens (tertiary/aromatic N) is 3. The summed E-state index contributed by atoms with van der Waals surface area (Å²) in [7, 11) is 0. The Morgan fingerprint density at radius 3 is 2.41 bits per heavy atom. The van der Waals surface area contributed by atoms with Gasteiger partial charge >= 0.3 is 0 Å². The first kappa shape index (κ1) is 27.8. The maximum absolute atomic E-state index is 14.1. The number of carbonyl (C=O) groups excluding carboxylic acids is 1. The molecule has 2 bridgehead atoms. The number of nitrogens with one attached hydrogen (secondary N) is 1. The summed E-state index contributed by atoms with van der Waals surface area (Å²) in [5, 5.41) is 3.69. The fourth-order valence-corrected chi connectivity index (χ4v) is 6.81. The third-order valence-electron chi connectivity index (χ3n) is 9.10. The number of para-hydroxylation sites is 1. The smallest absolute Gasteiger partial charge is 0.254 e. The number of hydrogen-bond acceptors (Lipinski definition) is 5. The van der Waals surface area contributed by atoms with Crippen molar-refractivity contribution in [3.05, 3.63) is 95.6 Å². The van der Waals surface area contributed by atoms with Gasteiger partial charge in [-0.1, -0.05) is 55.0 Å². The Morgan fingerprint density at radius 2 is 1.59 bits per heavy atom. The van der Waals surface area contributed by atoms with Crippen molar-refractivity contribution < 1.29 is 9.53 Å². The number of likely N-dealkylation sites (tertiary alicyclic amines) is 1. The molecule has 0 aromatic heterocycles. The van der Waals surface area contributed by atoms with Crippen LogP contribution in [0.1, 0.15) is 60.0 Å². The molecule has 3 aliphatic heterocycles. The van der Waals surface area contributed by atoms with Gasteiger partial charge in [0.2, 0.25) is 0 Å². The molecule has 3 heterocycles. The largest absolute Gasteiger partial charge is 0.492 e. The van der Waals surface area contributed by atoms with Crippen LogP contribution in [0, 0.1) is 0 Å². The van der Waals surface area contributed by atoms with E-state index in [1.165, 1.54) is 49.9 Å². The molecule has 1 N–H and O–H groups in total. The van der Waals surface area contributed by atoms with Crippen molar-refractivity contribution in [3.8, 4) is 5.75 Å². The van der Waals surface area contributed by atoms with E-state index in [1.54, 1.807) is 0 Å². The Bertz CT molecular complexity index is 1260. The molecule has 41 heavy (non-hydrogen) atoms. The minimum absolute atomic E-state index is 0.0852. The molecule has 6 rings (SSSR count). The number of anilines is 1. The highest BCUT2D eigenvalue weighted by molar-refractivity contribution is 5.94. The van der Waals surface area contributed by atoms with Crippen LogP contribution in [0.4, 0.5) is 5.69 Å². The maximum atomic E-state index is 14.1. The highest BCUT2D eigenvalue weighted by atomic mass is 16.5. The Balaban J connectivity index is 1.18. The quantitative estimate of drug-likeness (QED) is 0.387. The molecule has 0 spiro atoms. The lowest BCUT2D eigenvalue weighted by Gasteiger charge is -2.34. The number of piperidine rings is 1. The van der Waals surface area contributed by atoms with Crippen molar-refractivity contribution in [3.63, 3.8) is 0 Å². The molecule has 2 fully saturated rings. The van der Waals surface area contributed by atoms with E-state index in [2.05, 4.69) is 74.6 Å². The summed E-state index contributed by atoms with van der Waals surface area (Å²) in [6, 6.07) is 27.9. The van der Waals surface area contributed by atoms with Gasteiger partial charge < -0.3 is 15.0 Å². The first-order valence-electron chi connectivity index (χ1n) is 15.6. The molecule has 0 saturated carbocycles. The van der Waals surface area contributed by atoms with Crippen LogP contribution in [0.5, 0.6) is 5.75 Å². The average Bonchev–Trinajstić information content (AvgIpc) is 3.37. The third kappa shape index (κ3) is 7.11. The van der Waals surface area contributed by atoms with Gasteiger partial charge in [0.25, 0.3) is 5.91 Å². The number of fused-ring (bicyclic) bond motifs is 3. The third-order valence-corrected chi connectivity index (χ3v) is 9.10. The van der Waals surface area contributed by atoms with E-state index in [0.29, 0.717) is 25.2 Å². The molecule has 3 aromatic carbocycles. The topological polar surface area (TPSA) is 48.1 Å². The second-order valence-corrected chi connectivity index (χ2v) is 11.9. The van der Waals surface area contributed by atoms with Crippen molar-refractivity contribution in [2.24, 2.45) is 0 Å². The fraction of sp³-hybridized carbons (Fsp3) is 0.457. The van der Waals surface area contributed by atoms with Crippen molar-refractivity contribution in [1.29, 1.82) is 0 Å². The van der Waals surface area contributed by atoms with Crippen LogP contribution in [-0.4, -0.2) is 72.0 Å². The number of carbonyl (C=O) groups is 1. The Kier molecular flexibility index (Phi) is 9.18. The van der Waals surface area contributed by atoms with E-state index in [-0.39, 0.29) is 5.91 Å². The molecule has 2 atom stereocenters. The van der Waals surface area contributed by atoms with E-state index in [1.807, 2.05) is 24.3 Å². The summed E-state index contributed by atoms with van der Waals surface area (Å²) >= 11 is 0. The maximum Gasteiger partial charge on any atom is 0.254 e. The minimum atomic E-state index is 0.0852. The number of benzene rings is 3. The lowest BCUT2D eigenvalue weighted by atomic mass is 10.1. The van der Waals surface area contributed by atoms with Gasteiger partial charge in [0.15, 0.2) is 0 Å². The molecule has 3 aromatic rings. The second kappa shape index (κ2) is 13.5. The van der Waals surface area contributed by atoms with Crippen molar-refractivity contribution in [2.45, 2.75) is 63.7 Å². The number of ether oxygens (including phenoxy) is 1. The fourth-order valence-electron chi connectivity index (χ4n) is 6.81. The van der Waals surface area contributed by atoms with Crippen LogP contribution in [0.3, 0.4) is 0 Å². The number of rotatable bonds is 7. The van der Waals surface area contributed by atoms with E-state index >= 15 is 0 Å². The molecule has 2 saturated heterocycles. The van der Waals surface area contributed by atoms with Crippen molar-refractivity contribution >= 4 is 11.6 Å². The predicted octanol–water partition coefficient (Wildman–Crippen LogP) is 6.04. The molecule has 6 heteroatoms. The zero-order chi connectivity index (χ0) is 27.9. The van der Waals surface area contributed by atoms with Gasteiger partial charge in [-0.3, -0.25) is 14.6 Å². The molecular weight excluding hydrogens is 508 g/mol. The van der Waals surface area contributed by atoms with E-state index in [9.17, 15) is 4.79 Å². The molecule has 0 unspecified atom stereocenters. The van der Waals surface area contributed by atoms with Crippen molar-refractivity contribution in [2.75, 3.05) is 44.6 Å². The minimum Gasteiger partial charge on any atom is -0.492 e. The van der Waals surface area contributed by atoms with Gasteiger partial charge in [0.05, 0.1) is 0 Å². The monoisotopic (exact) mass is 552 g/mol. The summed E-state index contributed by atoms with van der Waals surface area (Å²) in [4.78, 5) is 21.3. The molecule has 6 nitrogen and oxygen atoms in total. The highest BCUT2D eigenvalue weighted by Crippen LogP contribution is 2.31. The standard InChI is InChI=1S/C35H44N4O2/c40-35(29-13-17-33(18-14-29)41-24-23-37-21-7-2-8-22-37)38-26-30-11-5-6-12-34(30)36-20-19-31-15-16-32(27-38)39(31)25-28-9-3-1-4-10-28/h1,3-6,9-14,17-18,31-32,36H,2,7-8,15-16,19-27H2/t31-,32+/m0/s1. The predicted molar refractivity (Wildman–Crippen MR) is 165 cm³/mol. The van der Waals surface area contributed by atoms with Gasteiger partial charge in [-0.2, -0.15) is 0 Å². The van der Waals surface area contributed by atoms with Crippen LogP contribution in [0.25, 0.3) is 0 Å². The van der Waals surface area contributed by atoms with Crippen molar-refractivity contribution in [1.82, 2.24) is 14.7 Å². The van der Waals surface area contributed by atoms with Gasteiger partial charge in [-0.15, -0.1) is 0 Å². The molecule has 3 aliphatic rings. The zero-order valence-corrected chi connectivity index (χ0v) is 24.2. The number of hydrogen-bond donors (Lipinski definition) is 1. The summed E-state index contributed by atoms with van der Waals surface area (Å²) in [6.07, 6.45) is 7.32. The Labute approximate surface area is 245 Å². The summed E-state index contributed by atoms with van der Waals surface area (Å²) in [5.41, 5.74) is 4.36. The number of amides is 1. The summed E-state index contributed by atoms with van der Waals surface area (Å²) in [6.45, 7) is 7.18. The van der Waals surface area contributed by atoms with Crippen LogP contribution in [-0.2, 0) is 13.1 Å². The molecule has 1 amide bonds. The van der Waals surface area contributed by atoms with Gasteiger partial charge in [0, 0.05) is 56.1 Å². The first-order valence-corrected chi connectivity index (χ1v) is 15.6. The zero-order valence-electron chi connectivity index (χ0n) is 24.2. The van der Waals surface area contributed by atoms with Crippen LogP contribution >= 0.6 is 0 Å². The van der Waals surface area contributed by atoms with E-state index in [4.69, 9.17) is 4.74 Å². The van der Waals surface area contributed by atoms with Gasteiger partial charge in [0.1, 0.15) is 12.4 Å². The Hall–Kier alpha value is -3.35. The summed E-state index contributed by atoms with van der Waals surface area (Å²) < 4.78 is 6.05.